The number of hydrogen-bond donors (Lipinski definition) is 2. The number of rotatable bonds is 8. The zero-order valence-electron chi connectivity index (χ0n) is 16.8. The molecule has 0 fully saturated rings. The minimum Gasteiger partial charge on any atom is -0.493 e. The van der Waals surface area contributed by atoms with Gasteiger partial charge in [0.25, 0.3) is 0 Å². The van der Waals surface area contributed by atoms with Gasteiger partial charge in [-0.05, 0) is 37.1 Å². The van der Waals surface area contributed by atoms with Gasteiger partial charge >= 0.3 is 0 Å². The Morgan fingerprint density at radius 2 is 1.63 bits per heavy atom. The molecule has 0 bridgehead atoms. The fraction of sp³-hybridized carbons (Fsp3) is 0.381. The van der Waals surface area contributed by atoms with Crippen LogP contribution in [0.3, 0.4) is 0 Å². The first-order valence-corrected chi connectivity index (χ1v) is 8.99. The number of ether oxygens (including phenoxy) is 3. The van der Waals surface area contributed by atoms with E-state index in [9.17, 15) is 0 Å². The average Bonchev–Trinajstić information content (AvgIpc) is 2.70. The highest BCUT2D eigenvalue weighted by Crippen LogP contribution is 2.39. The number of nitrogens with one attached hydrogen (secondary N) is 2. The van der Waals surface area contributed by atoms with Crippen molar-refractivity contribution in [3.63, 3.8) is 0 Å². The average molecular weight is 371 g/mol. The van der Waals surface area contributed by atoms with Gasteiger partial charge in [-0.15, -0.1) is 0 Å². The molecule has 2 aromatic rings. The summed E-state index contributed by atoms with van der Waals surface area (Å²) >= 11 is 0. The molecule has 0 atom stereocenters. The van der Waals surface area contributed by atoms with Gasteiger partial charge in [-0.25, -0.2) is 4.99 Å². The molecule has 0 aromatic heterocycles. The zero-order valence-corrected chi connectivity index (χ0v) is 16.8. The van der Waals surface area contributed by atoms with Crippen LogP contribution in [-0.4, -0.2) is 33.8 Å². The molecule has 0 spiro atoms. The van der Waals surface area contributed by atoms with E-state index in [0.717, 1.165) is 18.1 Å². The highest BCUT2D eigenvalue weighted by Gasteiger charge is 2.15. The van der Waals surface area contributed by atoms with Crippen molar-refractivity contribution in [2.45, 2.75) is 26.9 Å². The van der Waals surface area contributed by atoms with Crippen LogP contribution in [0, 0.1) is 6.92 Å². The number of benzene rings is 2. The van der Waals surface area contributed by atoms with Crippen LogP contribution in [0.5, 0.6) is 17.2 Å². The highest BCUT2D eigenvalue weighted by atomic mass is 16.5. The quantitative estimate of drug-likeness (QED) is 0.551. The molecule has 0 heterocycles. The van der Waals surface area contributed by atoms with Gasteiger partial charge in [0, 0.05) is 18.7 Å². The van der Waals surface area contributed by atoms with Crippen molar-refractivity contribution >= 4 is 5.96 Å². The van der Waals surface area contributed by atoms with Crippen LogP contribution >= 0.6 is 0 Å². The first-order valence-electron chi connectivity index (χ1n) is 8.99. The first-order chi connectivity index (χ1) is 13.1. The molecule has 2 aromatic carbocycles. The number of aliphatic imine (C=N–C) groups is 1. The van der Waals surface area contributed by atoms with E-state index >= 15 is 0 Å². The lowest BCUT2D eigenvalue weighted by molar-refractivity contribution is 0.322. The third-order valence-electron chi connectivity index (χ3n) is 4.25. The van der Waals surface area contributed by atoms with E-state index in [1.54, 1.807) is 21.3 Å². The standard InChI is InChI=1S/C21H29N3O3/c1-6-22-21(23-13-16-10-8-7-9-15(16)2)24-14-17-11-12-18(25-3)20(27-5)19(17)26-4/h7-12H,6,13-14H2,1-5H3,(H2,22,23,24). The molecule has 0 saturated carbocycles. The fourth-order valence-corrected chi connectivity index (χ4v) is 2.78. The number of hydrogen-bond acceptors (Lipinski definition) is 4. The minimum atomic E-state index is 0.451. The maximum atomic E-state index is 5.53. The van der Waals surface area contributed by atoms with Crippen LogP contribution in [0.15, 0.2) is 41.4 Å². The number of aryl methyl sites for hydroxylation is 1. The first kappa shape index (κ1) is 20.4. The fourth-order valence-electron chi connectivity index (χ4n) is 2.78. The van der Waals surface area contributed by atoms with Crippen molar-refractivity contribution in [2.24, 2.45) is 4.99 Å². The topological polar surface area (TPSA) is 64.1 Å². The molecule has 6 nitrogen and oxygen atoms in total. The second-order valence-electron chi connectivity index (χ2n) is 5.97. The third kappa shape index (κ3) is 5.29. The molecule has 0 saturated heterocycles. The molecular weight excluding hydrogens is 342 g/mol. The second-order valence-corrected chi connectivity index (χ2v) is 5.97. The number of methoxy groups -OCH3 is 3. The van der Waals surface area contributed by atoms with Gasteiger partial charge in [-0.2, -0.15) is 0 Å². The Bertz CT molecular complexity index is 775. The molecule has 6 heteroatoms. The number of nitrogens with zero attached hydrogens (tertiary/aromatic N) is 1. The predicted molar refractivity (Wildman–Crippen MR) is 109 cm³/mol. The monoisotopic (exact) mass is 371 g/mol. The van der Waals surface area contributed by atoms with E-state index in [1.807, 2.05) is 31.2 Å². The van der Waals surface area contributed by atoms with E-state index in [-0.39, 0.29) is 0 Å². The molecule has 27 heavy (non-hydrogen) atoms. The zero-order chi connectivity index (χ0) is 19.6. The lowest BCUT2D eigenvalue weighted by Gasteiger charge is -2.16. The van der Waals surface area contributed by atoms with Gasteiger partial charge in [-0.3, -0.25) is 0 Å². The van der Waals surface area contributed by atoms with Crippen LogP contribution in [0.25, 0.3) is 0 Å². The maximum Gasteiger partial charge on any atom is 0.203 e. The van der Waals surface area contributed by atoms with Crippen LogP contribution in [0.4, 0.5) is 0 Å². The SMILES string of the molecule is CCNC(=NCc1ccc(OC)c(OC)c1OC)NCc1ccccc1C. The summed E-state index contributed by atoms with van der Waals surface area (Å²) < 4.78 is 16.3. The number of guanidine groups is 1. The van der Waals surface area contributed by atoms with Gasteiger partial charge in [-0.1, -0.05) is 24.3 Å². The van der Waals surface area contributed by atoms with Crippen molar-refractivity contribution in [1.82, 2.24) is 10.6 Å². The molecule has 0 aliphatic carbocycles. The van der Waals surface area contributed by atoms with E-state index in [4.69, 9.17) is 14.2 Å². The summed E-state index contributed by atoms with van der Waals surface area (Å²) in [4.78, 5) is 4.69. The Hall–Kier alpha value is -2.89. The van der Waals surface area contributed by atoms with Crippen molar-refractivity contribution in [2.75, 3.05) is 27.9 Å². The van der Waals surface area contributed by atoms with Crippen LogP contribution in [0.1, 0.15) is 23.6 Å². The summed E-state index contributed by atoms with van der Waals surface area (Å²) in [5, 5.41) is 6.65. The second kappa shape index (κ2) is 10.3. The molecule has 146 valence electrons. The van der Waals surface area contributed by atoms with Crippen molar-refractivity contribution in [3.8, 4) is 17.2 Å². The van der Waals surface area contributed by atoms with Crippen LogP contribution in [0.2, 0.25) is 0 Å². The molecule has 0 amide bonds. The summed E-state index contributed by atoms with van der Waals surface area (Å²) in [6.45, 7) is 6.09. The Morgan fingerprint density at radius 1 is 0.889 bits per heavy atom. The highest BCUT2D eigenvalue weighted by molar-refractivity contribution is 5.79. The normalized spacial score (nSPS) is 11.1. The van der Waals surface area contributed by atoms with E-state index < -0.39 is 0 Å². The molecular formula is C21H29N3O3. The summed E-state index contributed by atoms with van der Waals surface area (Å²) in [6, 6.07) is 12.1. The third-order valence-corrected chi connectivity index (χ3v) is 4.25. The van der Waals surface area contributed by atoms with Gasteiger partial charge in [0.2, 0.25) is 5.75 Å². The Labute approximate surface area is 161 Å². The van der Waals surface area contributed by atoms with Gasteiger partial charge in [0.15, 0.2) is 17.5 Å². The summed E-state index contributed by atoms with van der Waals surface area (Å²) in [5.74, 6) is 2.59. The molecule has 2 rings (SSSR count). The Balaban J connectivity index is 2.18. The summed E-state index contributed by atoms with van der Waals surface area (Å²) in [6.07, 6.45) is 0. The van der Waals surface area contributed by atoms with Gasteiger partial charge in [0.05, 0.1) is 27.9 Å². The molecule has 0 aliphatic rings. The van der Waals surface area contributed by atoms with Crippen molar-refractivity contribution in [1.29, 1.82) is 0 Å². The minimum absolute atomic E-state index is 0.451. The molecule has 0 unspecified atom stereocenters. The smallest absolute Gasteiger partial charge is 0.203 e. The van der Waals surface area contributed by atoms with Crippen molar-refractivity contribution < 1.29 is 14.2 Å². The largest absolute Gasteiger partial charge is 0.493 e. The summed E-state index contributed by atoms with van der Waals surface area (Å²) in [5.41, 5.74) is 3.41. The molecule has 2 N–H and O–H groups in total. The van der Waals surface area contributed by atoms with E-state index in [1.165, 1.54) is 11.1 Å². The predicted octanol–water partition coefficient (Wildman–Crippen LogP) is 3.28. The summed E-state index contributed by atoms with van der Waals surface area (Å²) in [7, 11) is 4.82. The molecule has 0 radical (unpaired) electrons. The lowest BCUT2D eigenvalue weighted by Crippen LogP contribution is -2.36. The maximum absolute atomic E-state index is 5.53. The van der Waals surface area contributed by atoms with E-state index in [0.29, 0.717) is 30.3 Å². The van der Waals surface area contributed by atoms with Crippen LogP contribution in [-0.2, 0) is 13.1 Å². The Kier molecular flexibility index (Phi) is 7.79. The van der Waals surface area contributed by atoms with Gasteiger partial charge < -0.3 is 24.8 Å². The molecule has 0 aliphatic heterocycles. The van der Waals surface area contributed by atoms with Crippen LogP contribution < -0.4 is 24.8 Å². The van der Waals surface area contributed by atoms with E-state index in [2.05, 4.69) is 34.7 Å². The lowest BCUT2D eigenvalue weighted by atomic mass is 10.1. The van der Waals surface area contributed by atoms with Crippen molar-refractivity contribution in [3.05, 3.63) is 53.1 Å². The van der Waals surface area contributed by atoms with Gasteiger partial charge in [0.1, 0.15) is 0 Å². The Morgan fingerprint density at radius 3 is 2.26 bits per heavy atom.